The van der Waals surface area contributed by atoms with Gasteiger partial charge in [-0.25, -0.2) is 9.97 Å². The molecule has 3 heterocycles. The van der Waals surface area contributed by atoms with Gasteiger partial charge < -0.3 is 5.32 Å². The van der Waals surface area contributed by atoms with Crippen molar-refractivity contribution in [3.63, 3.8) is 0 Å². The predicted molar refractivity (Wildman–Crippen MR) is 102 cm³/mol. The van der Waals surface area contributed by atoms with Gasteiger partial charge in [-0.15, -0.1) is 0 Å². The molecule has 8 heteroatoms. The fraction of sp³-hybridized carbons (Fsp3) is 0.211. The Balaban J connectivity index is 1.53. The number of aromatic nitrogens is 7. The number of para-hydroxylation sites is 1. The van der Waals surface area contributed by atoms with Crippen LogP contribution in [-0.2, 0) is 13.6 Å². The summed E-state index contributed by atoms with van der Waals surface area (Å²) in [5.74, 6) is 0.549. The Labute approximate surface area is 156 Å². The first-order chi connectivity index (χ1) is 13.1. The molecule has 0 saturated heterocycles. The molecule has 0 unspecified atom stereocenters. The van der Waals surface area contributed by atoms with Crippen molar-refractivity contribution in [1.82, 2.24) is 34.7 Å². The minimum atomic E-state index is 0.494. The smallest absolute Gasteiger partial charge is 0.223 e. The van der Waals surface area contributed by atoms with Crippen LogP contribution in [0, 0.1) is 13.8 Å². The van der Waals surface area contributed by atoms with Crippen LogP contribution in [0.2, 0.25) is 0 Å². The Kier molecular flexibility index (Phi) is 4.37. The van der Waals surface area contributed by atoms with Crippen molar-refractivity contribution in [2.24, 2.45) is 7.05 Å². The molecule has 4 aromatic rings. The minimum Gasteiger partial charge on any atom is -0.348 e. The predicted octanol–water partition coefficient (Wildman–Crippen LogP) is 2.69. The summed E-state index contributed by atoms with van der Waals surface area (Å²) >= 11 is 0. The molecule has 0 aliphatic rings. The SMILES string of the molecule is Cc1cnc(NCc2nn(-c3ccccc3)nc2C)nc1-c1cnn(C)c1. The minimum absolute atomic E-state index is 0.494. The Bertz CT molecular complexity index is 1060. The van der Waals surface area contributed by atoms with E-state index >= 15 is 0 Å². The van der Waals surface area contributed by atoms with Gasteiger partial charge in [-0.05, 0) is 31.5 Å². The summed E-state index contributed by atoms with van der Waals surface area (Å²) in [7, 11) is 1.89. The molecule has 4 rings (SSSR count). The van der Waals surface area contributed by atoms with Crippen molar-refractivity contribution in [3.8, 4) is 16.9 Å². The molecular formula is C19H20N8. The van der Waals surface area contributed by atoms with Crippen LogP contribution in [0.15, 0.2) is 48.9 Å². The molecular weight excluding hydrogens is 340 g/mol. The Morgan fingerprint density at radius 3 is 2.59 bits per heavy atom. The fourth-order valence-corrected chi connectivity index (χ4v) is 2.77. The van der Waals surface area contributed by atoms with Crippen LogP contribution in [0.4, 0.5) is 5.95 Å². The second kappa shape index (κ2) is 6.99. The average molecular weight is 360 g/mol. The highest BCUT2D eigenvalue weighted by molar-refractivity contribution is 5.62. The molecule has 0 amide bonds. The average Bonchev–Trinajstić information content (AvgIpc) is 3.27. The molecule has 0 fully saturated rings. The van der Waals surface area contributed by atoms with Crippen LogP contribution in [0.1, 0.15) is 17.0 Å². The van der Waals surface area contributed by atoms with Crippen molar-refractivity contribution in [1.29, 1.82) is 0 Å². The topological polar surface area (TPSA) is 86.3 Å². The molecule has 8 nitrogen and oxygen atoms in total. The number of hydrogen-bond acceptors (Lipinski definition) is 6. The van der Waals surface area contributed by atoms with Crippen LogP contribution < -0.4 is 5.32 Å². The highest BCUT2D eigenvalue weighted by atomic mass is 15.5. The van der Waals surface area contributed by atoms with Gasteiger partial charge >= 0.3 is 0 Å². The zero-order chi connectivity index (χ0) is 18.8. The molecule has 3 aromatic heterocycles. The first kappa shape index (κ1) is 16.9. The van der Waals surface area contributed by atoms with Crippen LogP contribution >= 0.6 is 0 Å². The molecule has 0 spiro atoms. The summed E-state index contributed by atoms with van der Waals surface area (Å²) in [6, 6.07) is 9.84. The number of rotatable bonds is 5. The van der Waals surface area contributed by atoms with Gasteiger partial charge in [0.2, 0.25) is 5.95 Å². The number of hydrogen-bond donors (Lipinski definition) is 1. The molecule has 0 saturated carbocycles. The molecule has 1 N–H and O–H groups in total. The first-order valence-electron chi connectivity index (χ1n) is 8.65. The number of nitrogens with zero attached hydrogens (tertiary/aromatic N) is 7. The normalized spacial score (nSPS) is 10.9. The summed E-state index contributed by atoms with van der Waals surface area (Å²) in [6.45, 7) is 4.43. The quantitative estimate of drug-likeness (QED) is 0.589. The summed E-state index contributed by atoms with van der Waals surface area (Å²) in [5.41, 5.74) is 5.48. The number of benzene rings is 1. The van der Waals surface area contributed by atoms with E-state index in [1.165, 1.54) is 0 Å². The third kappa shape index (κ3) is 3.55. The molecule has 0 bridgehead atoms. The second-order valence-electron chi connectivity index (χ2n) is 6.34. The van der Waals surface area contributed by atoms with Gasteiger partial charge in [0.1, 0.15) is 5.69 Å². The molecule has 0 aliphatic heterocycles. The van der Waals surface area contributed by atoms with E-state index in [9.17, 15) is 0 Å². The first-order valence-corrected chi connectivity index (χ1v) is 8.65. The standard InChI is InChI=1S/C19H20N8/c1-13-9-20-19(23-18(13)15-10-22-26(3)12-15)21-11-17-14(2)24-27(25-17)16-7-5-4-6-8-16/h4-10,12H,11H2,1-3H3,(H,20,21,23). The Morgan fingerprint density at radius 2 is 1.85 bits per heavy atom. The Morgan fingerprint density at radius 1 is 1.04 bits per heavy atom. The maximum absolute atomic E-state index is 4.64. The van der Waals surface area contributed by atoms with Crippen molar-refractivity contribution in [3.05, 3.63) is 65.9 Å². The van der Waals surface area contributed by atoms with Gasteiger partial charge in [0.15, 0.2) is 0 Å². The van der Waals surface area contributed by atoms with Crippen LogP contribution in [-0.4, -0.2) is 34.7 Å². The van der Waals surface area contributed by atoms with Crippen LogP contribution in [0.3, 0.4) is 0 Å². The zero-order valence-electron chi connectivity index (χ0n) is 15.5. The number of anilines is 1. The third-order valence-corrected chi connectivity index (χ3v) is 4.23. The van der Waals surface area contributed by atoms with Crippen molar-refractivity contribution >= 4 is 5.95 Å². The molecule has 0 aliphatic carbocycles. The summed E-state index contributed by atoms with van der Waals surface area (Å²) in [4.78, 5) is 10.7. The maximum Gasteiger partial charge on any atom is 0.223 e. The summed E-state index contributed by atoms with van der Waals surface area (Å²) in [5, 5.41) is 16.5. The van der Waals surface area contributed by atoms with Gasteiger partial charge in [-0.1, -0.05) is 18.2 Å². The lowest BCUT2D eigenvalue weighted by molar-refractivity contribution is 0.736. The Hall–Kier alpha value is -3.55. The van der Waals surface area contributed by atoms with Crippen LogP contribution in [0.5, 0.6) is 0 Å². The van der Waals surface area contributed by atoms with Crippen molar-refractivity contribution < 1.29 is 0 Å². The van der Waals surface area contributed by atoms with Gasteiger partial charge in [0, 0.05) is 25.0 Å². The van der Waals surface area contributed by atoms with E-state index in [1.807, 2.05) is 63.6 Å². The largest absolute Gasteiger partial charge is 0.348 e. The second-order valence-corrected chi connectivity index (χ2v) is 6.34. The molecule has 136 valence electrons. The lowest BCUT2D eigenvalue weighted by atomic mass is 10.1. The van der Waals surface area contributed by atoms with Gasteiger partial charge in [0.25, 0.3) is 0 Å². The van der Waals surface area contributed by atoms with E-state index < -0.39 is 0 Å². The third-order valence-electron chi connectivity index (χ3n) is 4.23. The molecule has 1 aromatic carbocycles. The maximum atomic E-state index is 4.64. The zero-order valence-corrected chi connectivity index (χ0v) is 15.5. The van der Waals surface area contributed by atoms with Crippen molar-refractivity contribution in [2.45, 2.75) is 20.4 Å². The highest BCUT2D eigenvalue weighted by Crippen LogP contribution is 2.21. The molecule has 0 atom stereocenters. The van der Waals surface area contributed by atoms with E-state index in [-0.39, 0.29) is 0 Å². The number of aryl methyl sites for hydroxylation is 3. The van der Waals surface area contributed by atoms with Gasteiger partial charge in [0.05, 0.1) is 29.8 Å². The lowest BCUT2D eigenvalue weighted by Crippen LogP contribution is -2.07. The van der Waals surface area contributed by atoms with Gasteiger partial charge in [-0.3, -0.25) is 4.68 Å². The molecule has 27 heavy (non-hydrogen) atoms. The van der Waals surface area contributed by atoms with E-state index in [2.05, 4.69) is 30.6 Å². The van der Waals surface area contributed by atoms with E-state index in [0.29, 0.717) is 12.5 Å². The van der Waals surface area contributed by atoms with Gasteiger partial charge in [-0.2, -0.15) is 20.1 Å². The van der Waals surface area contributed by atoms with Crippen LogP contribution in [0.25, 0.3) is 16.9 Å². The lowest BCUT2D eigenvalue weighted by Gasteiger charge is -2.07. The fourth-order valence-electron chi connectivity index (χ4n) is 2.77. The van der Waals surface area contributed by atoms with E-state index in [0.717, 1.165) is 33.9 Å². The monoisotopic (exact) mass is 360 g/mol. The number of nitrogens with one attached hydrogen (secondary N) is 1. The van der Waals surface area contributed by atoms with E-state index in [1.54, 1.807) is 15.7 Å². The van der Waals surface area contributed by atoms with Crippen molar-refractivity contribution in [2.75, 3.05) is 5.32 Å². The summed E-state index contributed by atoms with van der Waals surface area (Å²) in [6.07, 6.45) is 5.55. The van der Waals surface area contributed by atoms with E-state index in [4.69, 9.17) is 0 Å². The summed E-state index contributed by atoms with van der Waals surface area (Å²) < 4.78 is 1.76. The highest BCUT2D eigenvalue weighted by Gasteiger charge is 2.11. The molecule has 0 radical (unpaired) electrons.